The molecule has 1 N–H and O–H groups in total. The van der Waals surface area contributed by atoms with Gasteiger partial charge >= 0.3 is 6.18 Å². The van der Waals surface area contributed by atoms with Crippen molar-refractivity contribution >= 4 is 0 Å². The fourth-order valence-corrected chi connectivity index (χ4v) is 2.96. The molecule has 2 fully saturated rings. The summed E-state index contributed by atoms with van der Waals surface area (Å²) in [4.78, 5) is 1.52. The molecule has 1 saturated heterocycles. The first-order valence-corrected chi connectivity index (χ1v) is 6.99. The Hall–Kier alpha value is -0.290. The van der Waals surface area contributed by atoms with E-state index in [4.69, 9.17) is 0 Å². The van der Waals surface area contributed by atoms with Crippen LogP contribution in [0.25, 0.3) is 0 Å². The van der Waals surface area contributed by atoms with Crippen LogP contribution in [0.3, 0.4) is 0 Å². The minimum absolute atomic E-state index is 0.407. The van der Waals surface area contributed by atoms with Gasteiger partial charge in [0.25, 0.3) is 0 Å². The van der Waals surface area contributed by atoms with Crippen molar-refractivity contribution < 1.29 is 13.2 Å². The van der Waals surface area contributed by atoms with Gasteiger partial charge in [-0.3, -0.25) is 4.90 Å². The first-order valence-electron chi connectivity index (χ1n) is 6.99. The molecule has 1 unspecified atom stereocenters. The molecule has 0 spiro atoms. The summed E-state index contributed by atoms with van der Waals surface area (Å²) in [6.45, 7) is 2.59. The van der Waals surface area contributed by atoms with Crippen LogP contribution in [-0.4, -0.2) is 42.8 Å². The van der Waals surface area contributed by atoms with Crippen molar-refractivity contribution in [1.29, 1.82) is 0 Å². The van der Waals surface area contributed by atoms with Crippen LogP contribution < -0.4 is 5.32 Å². The van der Waals surface area contributed by atoms with Crippen LogP contribution in [0.15, 0.2) is 0 Å². The topological polar surface area (TPSA) is 15.3 Å². The Bertz CT molecular complexity index is 255. The highest BCUT2D eigenvalue weighted by molar-refractivity contribution is 4.85. The van der Waals surface area contributed by atoms with Gasteiger partial charge in [-0.05, 0) is 51.6 Å². The Kier molecular flexibility index (Phi) is 4.54. The molecule has 1 heterocycles. The zero-order valence-electron chi connectivity index (χ0n) is 11.0. The fraction of sp³-hybridized carbons (Fsp3) is 1.00. The summed E-state index contributed by atoms with van der Waals surface area (Å²) in [6.07, 6.45) is 1.57. The molecule has 2 aliphatic rings. The monoisotopic (exact) mass is 264 g/mol. The van der Waals surface area contributed by atoms with E-state index in [1.165, 1.54) is 24.2 Å². The minimum atomic E-state index is -4.06. The molecule has 18 heavy (non-hydrogen) atoms. The van der Waals surface area contributed by atoms with Crippen LogP contribution in [0.1, 0.15) is 39.0 Å². The number of nitrogens with one attached hydrogen (secondary N) is 1. The Balaban J connectivity index is 1.66. The molecule has 0 amide bonds. The molecule has 1 aliphatic carbocycles. The van der Waals surface area contributed by atoms with Gasteiger partial charge < -0.3 is 5.32 Å². The van der Waals surface area contributed by atoms with E-state index in [-0.39, 0.29) is 0 Å². The number of halogens is 3. The lowest BCUT2D eigenvalue weighted by Crippen LogP contribution is -2.49. The molecule has 2 rings (SSSR count). The Morgan fingerprint density at radius 3 is 2.22 bits per heavy atom. The molecule has 106 valence electrons. The van der Waals surface area contributed by atoms with Gasteiger partial charge in [0, 0.05) is 12.1 Å². The maximum atomic E-state index is 12.2. The van der Waals surface area contributed by atoms with E-state index in [0.717, 1.165) is 18.8 Å². The second-order valence-corrected chi connectivity index (χ2v) is 5.81. The SMILES string of the molecule is CC(NC1CCN(CC(F)(F)F)CC1)C1CCC1. The Morgan fingerprint density at radius 1 is 1.17 bits per heavy atom. The van der Waals surface area contributed by atoms with Crippen LogP contribution in [0.4, 0.5) is 13.2 Å². The highest BCUT2D eigenvalue weighted by Gasteiger charge is 2.33. The lowest BCUT2D eigenvalue weighted by atomic mass is 9.80. The van der Waals surface area contributed by atoms with E-state index in [2.05, 4.69) is 12.2 Å². The van der Waals surface area contributed by atoms with Crippen LogP contribution in [-0.2, 0) is 0 Å². The van der Waals surface area contributed by atoms with E-state index in [0.29, 0.717) is 25.2 Å². The number of nitrogens with zero attached hydrogens (tertiary/aromatic N) is 1. The third-order valence-electron chi connectivity index (χ3n) is 4.35. The number of piperidine rings is 1. The molecule has 0 aromatic rings. The van der Waals surface area contributed by atoms with Crippen LogP contribution >= 0.6 is 0 Å². The van der Waals surface area contributed by atoms with E-state index in [1.807, 2.05) is 0 Å². The number of hydrogen-bond acceptors (Lipinski definition) is 2. The van der Waals surface area contributed by atoms with E-state index in [1.54, 1.807) is 0 Å². The van der Waals surface area contributed by atoms with Crippen LogP contribution in [0.2, 0.25) is 0 Å². The number of hydrogen-bond donors (Lipinski definition) is 1. The third kappa shape index (κ3) is 4.12. The average molecular weight is 264 g/mol. The highest BCUT2D eigenvalue weighted by atomic mass is 19.4. The quantitative estimate of drug-likeness (QED) is 0.840. The molecule has 0 aromatic heterocycles. The molecule has 0 radical (unpaired) electrons. The maximum Gasteiger partial charge on any atom is 0.401 e. The molecule has 0 bridgehead atoms. The van der Waals surface area contributed by atoms with E-state index < -0.39 is 12.7 Å². The van der Waals surface area contributed by atoms with Crippen LogP contribution in [0, 0.1) is 5.92 Å². The van der Waals surface area contributed by atoms with Crippen molar-refractivity contribution in [3.8, 4) is 0 Å². The summed E-state index contributed by atoms with van der Waals surface area (Å²) in [5.74, 6) is 0.790. The summed E-state index contributed by atoms with van der Waals surface area (Å²) in [5.41, 5.74) is 0. The number of rotatable bonds is 4. The Morgan fingerprint density at radius 2 is 1.78 bits per heavy atom. The maximum absolute atomic E-state index is 12.2. The first-order chi connectivity index (χ1) is 8.44. The van der Waals surface area contributed by atoms with E-state index in [9.17, 15) is 13.2 Å². The van der Waals surface area contributed by atoms with Gasteiger partial charge in [0.15, 0.2) is 0 Å². The fourth-order valence-electron chi connectivity index (χ4n) is 2.96. The minimum Gasteiger partial charge on any atom is -0.311 e. The molecule has 1 saturated carbocycles. The van der Waals surface area contributed by atoms with Crippen molar-refractivity contribution in [3.63, 3.8) is 0 Å². The number of alkyl halides is 3. The molecular formula is C13H23F3N2. The summed E-state index contributed by atoms with van der Waals surface area (Å²) >= 11 is 0. The molecule has 5 heteroatoms. The van der Waals surface area contributed by atoms with Gasteiger partial charge in [-0.1, -0.05) is 6.42 Å². The molecule has 1 atom stereocenters. The summed E-state index contributed by atoms with van der Waals surface area (Å²) in [5, 5.41) is 3.60. The van der Waals surface area contributed by atoms with Gasteiger partial charge in [-0.2, -0.15) is 13.2 Å². The third-order valence-corrected chi connectivity index (χ3v) is 4.35. The summed E-state index contributed by atoms with van der Waals surface area (Å²) < 4.78 is 36.7. The molecule has 0 aromatic carbocycles. The van der Waals surface area contributed by atoms with Crippen molar-refractivity contribution in [1.82, 2.24) is 10.2 Å². The highest BCUT2D eigenvalue weighted by Crippen LogP contribution is 2.30. The smallest absolute Gasteiger partial charge is 0.311 e. The lowest BCUT2D eigenvalue weighted by Gasteiger charge is -2.38. The average Bonchev–Trinajstić information content (AvgIpc) is 2.16. The largest absolute Gasteiger partial charge is 0.401 e. The predicted octanol–water partition coefficient (Wildman–Crippen LogP) is 2.79. The van der Waals surface area contributed by atoms with Crippen molar-refractivity contribution in [2.24, 2.45) is 5.92 Å². The summed E-state index contributed by atoms with van der Waals surface area (Å²) in [7, 11) is 0. The second kappa shape index (κ2) is 5.78. The van der Waals surface area contributed by atoms with Gasteiger partial charge in [0.2, 0.25) is 0 Å². The van der Waals surface area contributed by atoms with Gasteiger partial charge in [-0.25, -0.2) is 0 Å². The second-order valence-electron chi connectivity index (χ2n) is 5.81. The zero-order valence-corrected chi connectivity index (χ0v) is 11.0. The predicted molar refractivity (Wildman–Crippen MR) is 65.5 cm³/mol. The van der Waals surface area contributed by atoms with Crippen LogP contribution in [0.5, 0.6) is 0 Å². The molecule has 1 aliphatic heterocycles. The van der Waals surface area contributed by atoms with Crippen molar-refractivity contribution in [2.75, 3.05) is 19.6 Å². The van der Waals surface area contributed by atoms with Gasteiger partial charge in [0.1, 0.15) is 0 Å². The Labute approximate surface area is 107 Å². The van der Waals surface area contributed by atoms with Crippen molar-refractivity contribution in [3.05, 3.63) is 0 Å². The zero-order chi connectivity index (χ0) is 13.2. The first kappa shape index (κ1) is 14.1. The number of likely N-dealkylation sites (tertiary alicyclic amines) is 1. The van der Waals surface area contributed by atoms with Gasteiger partial charge in [0.05, 0.1) is 6.54 Å². The molecule has 2 nitrogen and oxygen atoms in total. The molecular weight excluding hydrogens is 241 g/mol. The lowest BCUT2D eigenvalue weighted by molar-refractivity contribution is -0.148. The standard InChI is InChI=1S/C13H23F3N2/c1-10(11-3-2-4-11)17-12-5-7-18(8-6-12)9-13(14,15)16/h10-12,17H,2-9H2,1H3. The van der Waals surface area contributed by atoms with E-state index >= 15 is 0 Å². The van der Waals surface area contributed by atoms with Crippen molar-refractivity contribution in [2.45, 2.75) is 57.3 Å². The summed E-state index contributed by atoms with van der Waals surface area (Å²) in [6, 6.07) is 0.933. The normalized spacial score (nSPS) is 26.0. The van der Waals surface area contributed by atoms with Gasteiger partial charge in [-0.15, -0.1) is 0 Å².